The van der Waals surface area contributed by atoms with Crippen LogP contribution in [0.15, 0.2) is 41.8 Å². The van der Waals surface area contributed by atoms with Crippen molar-refractivity contribution in [2.45, 2.75) is 32.2 Å². The highest BCUT2D eigenvalue weighted by molar-refractivity contribution is 7.89. The van der Waals surface area contributed by atoms with Gasteiger partial charge in [-0.1, -0.05) is 19.1 Å². The summed E-state index contributed by atoms with van der Waals surface area (Å²) < 4.78 is 25.8. The Balaban J connectivity index is 1.56. The number of piperidine rings is 1. The number of carbonyl (C=O) groups is 2. The number of amides is 2. The van der Waals surface area contributed by atoms with Gasteiger partial charge in [0, 0.05) is 30.4 Å². The van der Waals surface area contributed by atoms with Crippen molar-refractivity contribution in [2.24, 2.45) is 0 Å². The molecule has 2 amide bonds. The maximum absolute atomic E-state index is 12.6. The highest BCUT2D eigenvalue weighted by atomic mass is 32.2. The molecule has 0 atom stereocenters. The molecule has 156 valence electrons. The molecule has 1 aromatic carbocycles. The van der Waals surface area contributed by atoms with Gasteiger partial charge in [-0.15, -0.1) is 11.3 Å². The van der Waals surface area contributed by atoms with Gasteiger partial charge in [0.05, 0.1) is 10.6 Å². The third-order valence-corrected chi connectivity index (χ3v) is 7.72. The molecule has 1 aliphatic heterocycles. The predicted molar refractivity (Wildman–Crippen MR) is 115 cm³/mol. The molecule has 9 heteroatoms. The summed E-state index contributed by atoms with van der Waals surface area (Å²) in [5.41, 5.74) is 1.01. The number of hydrogen-bond donors (Lipinski definition) is 2. The normalized spacial score (nSPS) is 15.8. The van der Waals surface area contributed by atoms with Crippen LogP contribution in [0.25, 0.3) is 0 Å². The number of thiophene rings is 1. The highest BCUT2D eigenvalue weighted by Crippen LogP contribution is 2.18. The monoisotopic (exact) mass is 435 g/mol. The first-order valence-electron chi connectivity index (χ1n) is 9.62. The summed E-state index contributed by atoms with van der Waals surface area (Å²) in [7, 11) is -3.19. The highest BCUT2D eigenvalue weighted by Gasteiger charge is 2.28. The lowest BCUT2D eigenvalue weighted by atomic mass is 10.1. The maximum atomic E-state index is 12.6. The number of carbonyl (C=O) groups excluding carboxylic acids is 2. The molecule has 2 heterocycles. The van der Waals surface area contributed by atoms with Crippen LogP contribution >= 0.6 is 11.3 Å². The van der Waals surface area contributed by atoms with Crippen molar-refractivity contribution in [3.8, 4) is 0 Å². The molecule has 3 rings (SSSR count). The van der Waals surface area contributed by atoms with E-state index in [2.05, 4.69) is 10.6 Å². The van der Waals surface area contributed by atoms with Crippen molar-refractivity contribution in [3.63, 3.8) is 0 Å². The van der Waals surface area contributed by atoms with Crippen LogP contribution < -0.4 is 10.6 Å². The van der Waals surface area contributed by atoms with E-state index in [-0.39, 0.29) is 23.6 Å². The van der Waals surface area contributed by atoms with Gasteiger partial charge >= 0.3 is 0 Å². The minimum Gasteiger partial charge on any atom is -0.349 e. The minimum atomic E-state index is -3.19. The van der Waals surface area contributed by atoms with E-state index >= 15 is 0 Å². The van der Waals surface area contributed by atoms with Crippen LogP contribution in [0, 0.1) is 0 Å². The predicted octanol–water partition coefficient (Wildman–Crippen LogP) is 2.93. The van der Waals surface area contributed by atoms with Crippen molar-refractivity contribution in [3.05, 3.63) is 52.2 Å². The van der Waals surface area contributed by atoms with Crippen LogP contribution in [0.4, 0.5) is 5.69 Å². The lowest BCUT2D eigenvalue weighted by Gasteiger charge is -2.31. The van der Waals surface area contributed by atoms with Crippen LogP contribution in [-0.4, -0.2) is 49.4 Å². The van der Waals surface area contributed by atoms with E-state index in [4.69, 9.17) is 0 Å². The molecule has 0 bridgehead atoms. The Kier molecular flexibility index (Phi) is 7.05. The molecular formula is C20H25N3O4S2. The Morgan fingerprint density at radius 3 is 2.55 bits per heavy atom. The molecule has 1 aliphatic rings. The average molecular weight is 436 g/mol. The number of benzene rings is 1. The summed E-state index contributed by atoms with van der Waals surface area (Å²) in [6, 6.07) is 10.3. The Hall–Kier alpha value is -2.23. The fourth-order valence-corrected chi connectivity index (χ4v) is 5.43. The van der Waals surface area contributed by atoms with E-state index < -0.39 is 10.0 Å². The van der Waals surface area contributed by atoms with Gasteiger partial charge in [0.2, 0.25) is 10.0 Å². The quantitative estimate of drug-likeness (QED) is 0.699. The van der Waals surface area contributed by atoms with Crippen molar-refractivity contribution < 1.29 is 18.0 Å². The fraction of sp³-hybridized carbons (Fsp3) is 0.400. The van der Waals surface area contributed by atoms with Gasteiger partial charge < -0.3 is 10.6 Å². The van der Waals surface area contributed by atoms with Crippen LogP contribution in [-0.2, 0) is 10.0 Å². The number of anilines is 1. The molecule has 29 heavy (non-hydrogen) atoms. The molecule has 0 spiro atoms. The minimum absolute atomic E-state index is 0.0695. The van der Waals surface area contributed by atoms with Gasteiger partial charge in [-0.3, -0.25) is 9.59 Å². The molecular weight excluding hydrogens is 410 g/mol. The molecule has 1 fully saturated rings. The van der Waals surface area contributed by atoms with E-state index in [1.165, 1.54) is 15.6 Å². The van der Waals surface area contributed by atoms with Gasteiger partial charge in [0.25, 0.3) is 11.8 Å². The first-order valence-corrected chi connectivity index (χ1v) is 12.1. The number of nitrogens with one attached hydrogen (secondary N) is 2. The molecule has 2 N–H and O–H groups in total. The summed E-state index contributed by atoms with van der Waals surface area (Å²) >= 11 is 1.35. The van der Waals surface area contributed by atoms with Crippen LogP contribution in [0.5, 0.6) is 0 Å². The smallest absolute Gasteiger partial charge is 0.265 e. The van der Waals surface area contributed by atoms with Gasteiger partial charge in [0.15, 0.2) is 0 Å². The van der Waals surface area contributed by atoms with Crippen molar-refractivity contribution in [1.29, 1.82) is 0 Å². The second kappa shape index (κ2) is 9.51. The summed E-state index contributed by atoms with van der Waals surface area (Å²) in [5.74, 6) is -0.279. The largest absolute Gasteiger partial charge is 0.349 e. The van der Waals surface area contributed by atoms with Crippen LogP contribution in [0.3, 0.4) is 0 Å². The number of sulfonamides is 1. The van der Waals surface area contributed by atoms with E-state index in [9.17, 15) is 18.0 Å². The van der Waals surface area contributed by atoms with Crippen LogP contribution in [0.2, 0.25) is 0 Å². The topological polar surface area (TPSA) is 95.6 Å². The first-order chi connectivity index (χ1) is 13.9. The summed E-state index contributed by atoms with van der Waals surface area (Å²) in [6.07, 6.45) is 1.77. The molecule has 0 aliphatic carbocycles. The number of nitrogens with zero attached hydrogens (tertiary/aromatic N) is 1. The third kappa shape index (κ3) is 5.65. The second-order valence-electron chi connectivity index (χ2n) is 6.98. The molecule has 2 aromatic rings. The van der Waals surface area contributed by atoms with E-state index in [0.29, 0.717) is 48.5 Å². The van der Waals surface area contributed by atoms with Gasteiger partial charge in [0.1, 0.15) is 0 Å². The van der Waals surface area contributed by atoms with Crippen molar-refractivity contribution >= 4 is 38.9 Å². The maximum Gasteiger partial charge on any atom is 0.265 e. The summed E-state index contributed by atoms with van der Waals surface area (Å²) in [5, 5.41) is 7.60. The third-order valence-electron chi connectivity index (χ3n) is 4.77. The van der Waals surface area contributed by atoms with E-state index in [1.807, 2.05) is 18.4 Å². The lowest BCUT2D eigenvalue weighted by Crippen LogP contribution is -2.47. The first kappa shape index (κ1) is 21.5. The van der Waals surface area contributed by atoms with Gasteiger partial charge in [-0.05, 0) is 48.9 Å². The molecule has 0 radical (unpaired) electrons. The Morgan fingerprint density at radius 2 is 1.90 bits per heavy atom. The van der Waals surface area contributed by atoms with E-state index in [0.717, 1.165) is 0 Å². The Bertz CT molecular complexity index is 950. The van der Waals surface area contributed by atoms with Gasteiger partial charge in [-0.2, -0.15) is 0 Å². The average Bonchev–Trinajstić information content (AvgIpc) is 3.23. The van der Waals surface area contributed by atoms with E-state index in [1.54, 1.807) is 30.3 Å². The van der Waals surface area contributed by atoms with Gasteiger partial charge in [-0.25, -0.2) is 12.7 Å². The molecule has 1 saturated heterocycles. The SMILES string of the molecule is CCCS(=O)(=O)N1CCC(NC(=O)c2cccc(NC(=O)c3cccs3)c2)CC1. The zero-order valence-electron chi connectivity index (χ0n) is 16.3. The number of hydrogen-bond acceptors (Lipinski definition) is 5. The molecule has 0 saturated carbocycles. The fourth-order valence-electron chi connectivity index (χ4n) is 3.27. The molecule has 1 aromatic heterocycles. The number of rotatable bonds is 7. The summed E-state index contributed by atoms with van der Waals surface area (Å²) in [4.78, 5) is 25.4. The Labute approximate surface area is 175 Å². The van der Waals surface area contributed by atoms with Crippen molar-refractivity contribution in [2.75, 3.05) is 24.2 Å². The van der Waals surface area contributed by atoms with Crippen LogP contribution in [0.1, 0.15) is 46.2 Å². The summed E-state index contributed by atoms with van der Waals surface area (Å²) in [6.45, 7) is 2.69. The standard InChI is InChI=1S/C20H25N3O4S2/c1-2-13-29(26,27)23-10-8-16(9-11-23)21-19(24)15-5-3-6-17(14-15)22-20(25)18-7-4-12-28-18/h3-7,12,14,16H,2,8-11,13H2,1H3,(H,21,24)(H,22,25). The zero-order valence-corrected chi connectivity index (χ0v) is 17.9. The Morgan fingerprint density at radius 1 is 1.14 bits per heavy atom. The van der Waals surface area contributed by atoms with Crippen molar-refractivity contribution in [1.82, 2.24) is 9.62 Å². The zero-order chi connectivity index (χ0) is 20.9. The molecule has 7 nitrogen and oxygen atoms in total. The lowest BCUT2D eigenvalue weighted by molar-refractivity contribution is 0.0922. The molecule has 0 unspecified atom stereocenters. The second-order valence-corrected chi connectivity index (χ2v) is 10.0.